The van der Waals surface area contributed by atoms with Crippen LogP contribution in [-0.2, 0) is 6.54 Å². The maximum Gasteiger partial charge on any atom is 0.254 e. The van der Waals surface area contributed by atoms with Gasteiger partial charge in [-0.05, 0) is 31.0 Å². The van der Waals surface area contributed by atoms with Crippen LogP contribution in [-0.4, -0.2) is 25.5 Å². The lowest BCUT2D eigenvalue weighted by Gasteiger charge is -2.09. The van der Waals surface area contributed by atoms with Crippen LogP contribution in [0.5, 0.6) is 0 Å². The Hall–Kier alpha value is -3.54. The molecule has 0 fully saturated rings. The Balaban J connectivity index is 1.68. The molecule has 0 saturated carbocycles. The number of aromatic nitrogens is 4. The molecule has 1 amide bonds. The van der Waals surface area contributed by atoms with Crippen LogP contribution in [0.4, 0.5) is 0 Å². The number of carbonyl (C=O) groups excluding carboxylic acids is 1. The minimum Gasteiger partial charge on any atom is -0.348 e. The Labute approximate surface area is 156 Å². The molecule has 0 aliphatic rings. The van der Waals surface area contributed by atoms with Gasteiger partial charge in [0.1, 0.15) is 0 Å². The summed E-state index contributed by atoms with van der Waals surface area (Å²) in [4.78, 5) is 21.2. The molecular weight excluding hydrogens is 338 g/mol. The third kappa shape index (κ3) is 3.17. The quantitative estimate of drug-likeness (QED) is 0.608. The number of fused-ring (bicyclic) bond motifs is 1. The summed E-state index contributed by atoms with van der Waals surface area (Å²) in [5.74, 6) is -0.180. The maximum absolute atomic E-state index is 12.6. The predicted molar refractivity (Wildman–Crippen MR) is 103 cm³/mol. The topological polar surface area (TPSA) is 72.2 Å². The summed E-state index contributed by atoms with van der Waals surface area (Å²) >= 11 is 0. The molecule has 0 aliphatic heterocycles. The molecule has 4 rings (SSSR count). The van der Waals surface area contributed by atoms with Crippen molar-refractivity contribution in [3.8, 4) is 11.1 Å². The standard InChI is InChI=1S/C21H19N5O/c1-14-19(17-8-4-3-5-9-17)20-23-13-18(15(2)26(20)25-14)21(27)24-12-16-7-6-10-22-11-16/h3-11,13H,12H2,1-2H3,(H,24,27). The summed E-state index contributed by atoms with van der Waals surface area (Å²) in [6, 6.07) is 13.8. The normalized spacial score (nSPS) is 10.9. The van der Waals surface area contributed by atoms with Gasteiger partial charge in [-0.2, -0.15) is 5.10 Å². The number of nitrogens with zero attached hydrogens (tertiary/aromatic N) is 4. The Kier molecular flexibility index (Phi) is 4.38. The van der Waals surface area contributed by atoms with Crippen LogP contribution in [0.25, 0.3) is 16.8 Å². The largest absolute Gasteiger partial charge is 0.348 e. The Bertz CT molecular complexity index is 1100. The van der Waals surface area contributed by atoms with Crippen LogP contribution in [0.3, 0.4) is 0 Å². The van der Waals surface area contributed by atoms with Crippen LogP contribution in [0.15, 0.2) is 61.1 Å². The van der Waals surface area contributed by atoms with E-state index in [9.17, 15) is 4.79 Å². The number of hydrogen-bond acceptors (Lipinski definition) is 4. The zero-order valence-electron chi connectivity index (χ0n) is 15.2. The molecule has 0 atom stereocenters. The highest BCUT2D eigenvalue weighted by Crippen LogP contribution is 2.27. The van der Waals surface area contributed by atoms with E-state index in [0.29, 0.717) is 12.1 Å². The third-order valence-corrected chi connectivity index (χ3v) is 4.54. The molecule has 4 aromatic rings. The van der Waals surface area contributed by atoms with Gasteiger partial charge in [-0.1, -0.05) is 36.4 Å². The summed E-state index contributed by atoms with van der Waals surface area (Å²) in [6.07, 6.45) is 5.06. The average Bonchev–Trinajstić information content (AvgIpc) is 3.05. The van der Waals surface area contributed by atoms with Crippen LogP contribution < -0.4 is 5.32 Å². The van der Waals surface area contributed by atoms with Crippen molar-refractivity contribution in [2.24, 2.45) is 0 Å². The highest BCUT2D eigenvalue weighted by Gasteiger charge is 2.18. The molecule has 134 valence electrons. The number of pyridine rings is 1. The zero-order valence-corrected chi connectivity index (χ0v) is 15.2. The van der Waals surface area contributed by atoms with Gasteiger partial charge in [0, 0.05) is 30.7 Å². The fourth-order valence-corrected chi connectivity index (χ4v) is 3.15. The van der Waals surface area contributed by atoms with E-state index in [1.54, 1.807) is 23.1 Å². The SMILES string of the molecule is Cc1nn2c(C)c(C(=O)NCc3cccnc3)cnc2c1-c1ccccc1. The number of hydrogen-bond donors (Lipinski definition) is 1. The van der Waals surface area contributed by atoms with Crippen LogP contribution in [0.2, 0.25) is 0 Å². The first kappa shape index (κ1) is 16.9. The fraction of sp³-hybridized carbons (Fsp3) is 0.143. The van der Waals surface area contributed by atoms with E-state index in [4.69, 9.17) is 0 Å². The summed E-state index contributed by atoms with van der Waals surface area (Å²) in [6.45, 7) is 4.25. The smallest absolute Gasteiger partial charge is 0.254 e. The third-order valence-electron chi connectivity index (χ3n) is 4.54. The second-order valence-corrected chi connectivity index (χ2v) is 6.36. The lowest BCUT2D eigenvalue weighted by atomic mass is 10.1. The molecule has 1 N–H and O–H groups in total. The lowest BCUT2D eigenvalue weighted by Crippen LogP contribution is -2.24. The maximum atomic E-state index is 12.6. The molecule has 6 heteroatoms. The highest BCUT2D eigenvalue weighted by molar-refractivity contribution is 5.95. The monoisotopic (exact) mass is 357 g/mol. The Morgan fingerprint density at radius 2 is 1.89 bits per heavy atom. The molecule has 3 aromatic heterocycles. The summed E-state index contributed by atoms with van der Waals surface area (Å²) in [7, 11) is 0. The van der Waals surface area contributed by atoms with Crippen molar-refractivity contribution in [3.05, 3.63) is 83.6 Å². The summed E-state index contributed by atoms with van der Waals surface area (Å²) in [5.41, 5.74) is 5.89. The molecule has 3 heterocycles. The fourth-order valence-electron chi connectivity index (χ4n) is 3.15. The second kappa shape index (κ2) is 6.99. The lowest BCUT2D eigenvalue weighted by molar-refractivity contribution is 0.0949. The molecule has 0 radical (unpaired) electrons. The molecule has 0 spiro atoms. The van der Waals surface area contributed by atoms with E-state index in [2.05, 4.69) is 20.4 Å². The van der Waals surface area contributed by atoms with Gasteiger partial charge in [0.2, 0.25) is 0 Å². The van der Waals surface area contributed by atoms with Crippen molar-refractivity contribution in [3.63, 3.8) is 0 Å². The van der Waals surface area contributed by atoms with Crippen molar-refractivity contribution in [2.45, 2.75) is 20.4 Å². The van der Waals surface area contributed by atoms with E-state index < -0.39 is 0 Å². The van der Waals surface area contributed by atoms with Crippen LogP contribution in [0.1, 0.15) is 27.3 Å². The molecule has 1 aromatic carbocycles. The van der Waals surface area contributed by atoms with Gasteiger partial charge >= 0.3 is 0 Å². The molecule has 6 nitrogen and oxygen atoms in total. The van der Waals surface area contributed by atoms with Crippen LogP contribution >= 0.6 is 0 Å². The van der Waals surface area contributed by atoms with E-state index in [1.807, 2.05) is 56.3 Å². The van der Waals surface area contributed by atoms with Crippen molar-refractivity contribution >= 4 is 11.6 Å². The first-order chi connectivity index (χ1) is 13.1. The number of aryl methyl sites for hydroxylation is 2. The van der Waals surface area contributed by atoms with E-state index in [0.717, 1.165) is 33.7 Å². The number of nitrogens with one attached hydrogen (secondary N) is 1. The van der Waals surface area contributed by atoms with Crippen molar-refractivity contribution in [1.29, 1.82) is 0 Å². The first-order valence-electron chi connectivity index (χ1n) is 8.72. The zero-order chi connectivity index (χ0) is 18.8. The van der Waals surface area contributed by atoms with Gasteiger partial charge in [0.05, 0.1) is 17.0 Å². The van der Waals surface area contributed by atoms with Crippen molar-refractivity contribution < 1.29 is 4.79 Å². The summed E-state index contributed by atoms with van der Waals surface area (Å²) < 4.78 is 1.75. The molecule has 0 unspecified atom stereocenters. The molecule has 27 heavy (non-hydrogen) atoms. The number of rotatable bonds is 4. The van der Waals surface area contributed by atoms with Gasteiger partial charge in [-0.15, -0.1) is 0 Å². The van der Waals surface area contributed by atoms with Gasteiger partial charge in [-0.25, -0.2) is 9.50 Å². The van der Waals surface area contributed by atoms with Gasteiger partial charge in [0.15, 0.2) is 5.65 Å². The predicted octanol–water partition coefficient (Wildman–Crippen LogP) is 3.34. The summed E-state index contributed by atoms with van der Waals surface area (Å²) in [5, 5.41) is 7.53. The number of benzene rings is 1. The molecule has 0 bridgehead atoms. The van der Waals surface area contributed by atoms with Crippen molar-refractivity contribution in [1.82, 2.24) is 24.9 Å². The van der Waals surface area contributed by atoms with E-state index >= 15 is 0 Å². The molecule has 0 aliphatic carbocycles. The number of amides is 1. The molecular formula is C21H19N5O. The number of carbonyl (C=O) groups is 1. The second-order valence-electron chi connectivity index (χ2n) is 6.36. The minimum absolute atomic E-state index is 0.180. The average molecular weight is 357 g/mol. The minimum atomic E-state index is -0.180. The van der Waals surface area contributed by atoms with Gasteiger partial charge < -0.3 is 5.32 Å². The Morgan fingerprint density at radius 1 is 1.07 bits per heavy atom. The highest BCUT2D eigenvalue weighted by atomic mass is 16.1. The molecule has 0 saturated heterocycles. The van der Waals surface area contributed by atoms with Crippen molar-refractivity contribution in [2.75, 3.05) is 0 Å². The van der Waals surface area contributed by atoms with Gasteiger partial charge in [0.25, 0.3) is 5.91 Å². The van der Waals surface area contributed by atoms with E-state index in [-0.39, 0.29) is 5.91 Å². The first-order valence-corrected chi connectivity index (χ1v) is 8.72. The Morgan fingerprint density at radius 3 is 2.63 bits per heavy atom. The van der Waals surface area contributed by atoms with E-state index in [1.165, 1.54) is 0 Å². The van der Waals surface area contributed by atoms with Gasteiger partial charge in [-0.3, -0.25) is 9.78 Å². The van der Waals surface area contributed by atoms with Crippen LogP contribution in [0, 0.1) is 13.8 Å².